The molecule has 0 nitrogen and oxygen atoms in total. The van der Waals surface area contributed by atoms with Gasteiger partial charge in [-0.25, -0.2) is 0 Å². The molecule has 1 rings (SSSR count). The third kappa shape index (κ3) is 2.50. The number of alkyl halides is 1. The van der Waals surface area contributed by atoms with Crippen LogP contribution in [0.4, 0.5) is 0 Å². The van der Waals surface area contributed by atoms with Crippen LogP contribution in [0.15, 0.2) is 12.7 Å². The molecule has 0 unspecified atom stereocenters. The average Bonchev–Trinajstić information content (AvgIpc) is 2.33. The second-order valence-electron chi connectivity index (χ2n) is 2.98. The van der Waals surface area contributed by atoms with E-state index in [0.717, 1.165) is 0 Å². The molecule has 1 aliphatic heterocycles. The molecule has 0 spiro atoms. The first-order valence-electron chi connectivity index (χ1n) is 3.83. The van der Waals surface area contributed by atoms with Crippen LogP contribution in [0.1, 0.15) is 12.8 Å². The SMILES string of the molecule is C=CC[I-][P+]1(C)CCCC1. The van der Waals surface area contributed by atoms with Crippen molar-refractivity contribution in [2.75, 3.05) is 23.4 Å². The zero-order chi connectivity index (χ0) is 7.45. The Hall–Kier alpha value is 0.900. The van der Waals surface area contributed by atoms with Crippen LogP contribution < -0.4 is 20.7 Å². The van der Waals surface area contributed by atoms with Gasteiger partial charge in [-0.2, -0.15) is 0 Å². The fourth-order valence-corrected chi connectivity index (χ4v) is 11.8. The van der Waals surface area contributed by atoms with Gasteiger partial charge in [-0.15, -0.1) is 0 Å². The van der Waals surface area contributed by atoms with Crippen LogP contribution in [0.3, 0.4) is 0 Å². The van der Waals surface area contributed by atoms with E-state index in [0.29, 0.717) is 20.7 Å². The average molecular weight is 270 g/mol. The van der Waals surface area contributed by atoms with Crippen LogP contribution in [0.2, 0.25) is 0 Å². The summed E-state index contributed by atoms with van der Waals surface area (Å²) in [6.45, 7) is 6.38. The number of hydrogen-bond acceptors (Lipinski definition) is 0. The van der Waals surface area contributed by atoms with E-state index in [4.69, 9.17) is 0 Å². The van der Waals surface area contributed by atoms with Gasteiger partial charge in [0.25, 0.3) is 0 Å². The van der Waals surface area contributed by atoms with E-state index in [-0.39, 0.29) is 4.90 Å². The van der Waals surface area contributed by atoms with Gasteiger partial charge in [0, 0.05) is 0 Å². The van der Waals surface area contributed by atoms with Gasteiger partial charge < -0.3 is 0 Å². The molecule has 1 saturated heterocycles. The van der Waals surface area contributed by atoms with Gasteiger partial charge in [-0.1, -0.05) is 0 Å². The predicted molar refractivity (Wildman–Crippen MR) is 46.9 cm³/mol. The van der Waals surface area contributed by atoms with E-state index in [1.807, 2.05) is 0 Å². The second-order valence-corrected chi connectivity index (χ2v) is 16.6. The van der Waals surface area contributed by atoms with Crippen molar-refractivity contribution in [2.24, 2.45) is 0 Å². The van der Waals surface area contributed by atoms with Gasteiger partial charge in [-0.05, 0) is 0 Å². The first kappa shape index (κ1) is 8.99. The molecule has 60 valence electrons. The van der Waals surface area contributed by atoms with E-state index in [9.17, 15) is 0 Å². The van der Waals surface area contributed by atoms with Crippen molar-refractivity contribution in [2.45, 2.75) is 12.8 Å². The number of halogens is 1. The molecule has 0 amide bonds. The summed E-state index contributed by atoms with van der Waals surface area (Å²) >= 11 is 0.531. The summed E-state index contributed by atoms with van der Waals surface area (Å²) in [6.07, 6.45) is 8.39. The van der Waals surface area contributed by atoms with Crippen LogP contribution in [0, 0.1) is 0 Å². The Labute approximate surface area is 74.4 Å². The fourth-order valence-electron chi connectivity index (χ4n) is 1.33. The number of allylic oxidation sites excluding steroid dienone is 1. The standard InChI is InChI=1S/C8H16IP/c1-3-6-9-10(2)7-4-5-8-10/h3H,1,4-8H2,2H3. The summed E-state index contributed by atoms with van der Waals surface area (Å²) in [5, 5.41) is 0. The van der Waals surface area contributed by atoms with E-state index in [1.54, 1.807) is 12.3 Å². The number of hydrogen-bond donors (Lipinski definition) is 0. The van der Waals surface area contributed by atoms with Crippen molar-refractivity contribution in [1.82, 2.24) is 0 Å². The molecule has 0 aromatic heterocycles. The summed E-state index contributed by atoms with van der Waals surface area (Å²) in [5.41, 5.74) is 0. The van der Waals surface area contributed by atoms with Crippen molar-refractivity contribution in [3.63, 3.8) is 0 Å². The molecule has 0 bridgehead atoms. The Morgan fingerprint density at radius 2 is 2.10 bits per heavy atom. The summed E-state index contributed by atoms with van der Waals surface area (Å²) in [4.78, 5) is -0.298. The van der Waals surface area contributed by atoms with Crippen molar-refractivity contribution >= 4 is 4.90 Å². The Balaban J connectivity index is 2.28. The van der Waals surface area contributed by atoms with Crippen molar-refractivity contribution < 1.29 is 20.7 Å². The summed E-state index contributed by atoms with van der Waals surface area (Å²) in [5.74, 6) is 0. The maximum absolute atomic E-state index is 3.80. The molecule has 0 atom stereocenters. The normalized spacial score (nSPS) is 23.3. The monoisotopic (exact) mass is 270 g/mol. The molecule has 1 aliphatic rings. The zero-order valence-electron chi connectivity index (χ0n) is 6.65. The van der Waals surface area contributed by atoms with Gasteiger partial charge in [0.1, 0.15) is 0 Å². The predicted octanol–water partition coefficient (Wildman–Crippen LogP) is -0.382. The van der Waals surface area contributed by atoms with Gasteiger partial charge in [0.2, 0.25) is 0 Å². The Morgan fingerprint density at radius 3 is 2.60 bits per heavy atom. The van der Waals surface area contributed by atoms with E-state index in [1.165, 1.54) is 17.3 Å². The molecule has 0 aliphatic carbocycles. The minimum absolute atomic E-state index is 0.298. The second kappa shape index (κ2) is 4.06. The molecule has 10 heavy (non-hydrogen) atoms. The van der Waals surface area contributed by atoms with Gasteiger partial charge in [0.05, 0.1) is 0 Å². The summed E-state index contributed by atoms with van der Waals surface area (Å²) in [7, 11) is 0. The van der Waals surface area contributed by atoms with Crippen LogP contribution >= 0.6 is 4.90 Å². The minimum atomic E-state index is -0.298. The molecule has 0 aromatic carbocycles. The Kier molecular flexibility index (Phi) is 3.65. The first-order valence-corrected chi connectivity index (χ1v) is 10.8. The molecule has 1 fully saturated rings. The van der Waals surface area contributed by atoms with Crippen LogP contribution in [0.25, 0.3) is 0 Å². The molecule has 0 radical (unpaired) electrons. The molecule has 2 heteroatoms. The van der Waals surface area contributed by atoms with E-state index < -0.39 is 0 Å². The zero-order valence-corrected chi connectivity index (χ0v) is 9.70. The van der Waals surface area contributed by atoms with Crippen molar-refractivity contribution in [1.29, 1.82) is 0 Å². The Bertz CT molecular complexity index is 116. The molecule has 0 N–H and O–H groups in total. The summed E-state index contributed by atoms with van der Waals surface area (Å²) in [6, 6.07) is 0. The molecular formula is C8H16IP. The van der Waals surface area contributed by atoms with E-state index >= 15 is 0 Å². The van der Waals surface area contributed by atoms with Crippen molar-refractivity contribution in [3.05, 3.63) is 12.7 Å². The van der Waals surface area contributed by atoms with Gasteiger partial charge in [0.15, 0.2) is 0 Å². The summed E-state index contributed by atoms with van der Waals surface area (Å²) < 4.78 is 1.36. The van der Waals surface area contributed by atoms with Crippen LogP contribution in [0.5, 0.6) is 0 Å². The molecule has 0 saturated carbocycles. The molecule has 1 heterocycles. The number of rotatable bonds is 3. The first-order chi connectivity index (χ1) is 4.77. The topological polar surface area (TPSA) is 0 Å². The van der Waals surface area contributed by atoms with Crippen molar-refractivity contribution in [3.8, 4) is 0 Å². The van der Waals surface area contributed by atoms with Crippen LogP contribution in [-0.4, -0.2) is 23.4 Å². The third-order valence-corrected chi connectivity index (χ3v) is 14.8. The fraction of sp³-hybridized carbons (Fsp3) is 0.750. The molecule has 0 aromatic rings. The Morgan fingerprint density at radius 1 is 1.50 bits per heavy atom. The van der Waals surface area contributed by atoms with E-state index in [2.05, 4.69) is 19.3 Å². The van der Waals surface area contributed by atoms with Crippen LogP contribution in [-0.2, 0) is 0 Å². The maximum atomic E-state index is 3.80. The van der Waals surface area contributed by atoms with Gasteiger partial charge >= 0.3 is 74.5 Å². The van der Waals surface area contributed by atoms with Gasteiger partial charge in [-0.3, -0.25) is 0 Å². The molecular weight excluding hydrogens is 254 g/mol. The quantitative estimate of drug-likeness (QED) is 0.284. The third-order valence-electron chi connectivity index (χ3n) is 1.97.